The molecule has 1 aliphatic rings. The lowest BCUT2D eigenvalue weighted by atomic mass is 9.96. The van der Waals surface area contributed by atoms with Gasteiger partial charge in [0.1, 0.15) is 29.8 Å². The van der Waals surface area contributed by atoms with Crippen LogP contribution in [0.15, 0.2) is 35.6 Å². The van der Waals surface area contributed by atoms with Crippen molar-refractivity contribution in [2.24, 2.45) is 4.99 Å². The molecule has 2 heterocycles. The van der Waals surface area contributed by atoms with Gasteiger partial charge in [0.15, 0.2) is 5.96 Å². The molecular weight excluding hydrogens is 474 g/mol. The maximum Gasteiger partial charge on any atom is 0.194 e. The zero-order valence-corrected chi connectivity index (χ0v) is 18.6. The fraction of sp³-hybridized carbons (Fsp3) is 0.526. The van der Waals surface area contributed by atoms with Crippen molar-refractivity contribution in [3.8, 4) is 5.75 Å². The number of rotatable bonds is 6. The number of aliphatic imine (C=N–C) groups is 1. The molecule has 9 heteroatoms. The standard InChI is InChI=1S/C19H27FN6O.HI/c1-3-21-19(22-12-14(2)27-17-6-4-5-16(20)11-17)26-9-7-15(8-10-26)18-23-13-24-25-18;/h4-6,11,13-15H,3,7-10,12H2,1-2H3,(H,21,22)(H,23,24,25);1H. The van der Waals surface area contributed by atoms with Gasteiger partial charge in [0.05, 0.1) is 6.54 Å². The van der Waals surface area contributed by atoms with Crippen molar-refractivity contribution in [2.45, 2.75) is 38.7 Å². The largest absolute Gasteiger partial charge is 0.489 e. The number of nitrogens with zero attached hydrogens (tertiary/aromatic N) is 4. The summed E-state index contributed by atoms with van der Waals surface area (Å²) in [6.45, 7) is 7.13. The molecule has 1 aromatic carbocycles. The Kier molecular flexibility index (Phi) is 8.94. The van der Waals surface area contributed by atoms with Crippen LogP contribution in [-0.4, -0.2) is 58.3 Å². The number of guanidine groups is 1. The molecule has 154 valence electrons. The number of piperidine rings is 1. The van der Waals surface area contributed by atoms with Crippen molar-refractivity contribution >= 4 is 29.9 Å². The van der Waals surface area contributed by atoms with E-state index in [1.807, 2.05) is 6.92 Å². The minimum absolute atomic E-state index is 0. The number of aromatic nitrogens is 3. The molecule has 2 N–H and O–H groups in total. The highest BCUT2D eigenvalue weighted by Gasteiger charge is 2.24. The van der Waals surface area contributed by atoms with E-state index in [1.54, 1.807) is 18.5 Å². The van der Waals surface area contributed by atoms with Crippen LogP contribution >= 0.6 is 24.0 Å². The Bertz CT molecular complexity index is 734. The molecule has 0 aliphatic carbocycles. The van der Waals surface area contributed by atoms with Crippen molar-refractivity contribution in [1.82, 2.24) is 25.4 Å². The molecular formula is C19H28FIN6O. The van der Waals surface area contributed by atoms with Crippen LogP contribution in [0.2, 0.25) is 0 Å². The molecule has 1 aliphatic heterocycles. The number of nitrogens with one attached hydrogen (secondary N) is 2. The highest BCUT2D eigenvalue weighted by atomic mass is 127. The molecule has 0 bridgehead atoms. The molecule has 1 fully saturated rings. The minimum atomic E-state index is -0.300. The molecule has 3 rings (SSSR count). The molecule has 1 saturated heterocycles. The first-order chi connectivity index (χ1) is 13.2. The van der Waals surface area contributed by atoms with Gasteiger partial charge in [-0.3, -0.25) is 5.10 Å². The summed E-state index contributed by atoms with van der Waals surface area (Å²) < 4.78 is 19.0. The van der Waals surface area contributed by atoms with Gasteiger partial charge in [-0.25, -0.2) is 14.4 Å². The molecule has 0 spiro atoms. The van der Waals surface area contributed by atoms with Gasteiger partial charge in [-0.05, 0) is 38.8 Å². The summed E-state index contributed by atoms with van der Waals surface area (Å²) in [5, 5.41) is 10.3. The highest BCUT2D eigenvalue weighted by Crippen LogP contribution is 2.25. The Hall–Kier alpha value is -1.91. The van der Waals surface area contributed by atoms with E-state index in [0.717, 1.165) is 44.3 Å². The number of benzene rings is 1. The first-order valence-electron chi connectivity index (χ1n) is 9.46. The monoisotopic (exact) mass is 502 g/mol. The zero-order chi connectivity index (χ0) is 19.1. The summed E-state index contributed by atoms with van der Waals surface area (Å²) in [6, 6.07) is 6.19. The van der Waals surface area contributed by atoms with E-state index in [1.165, 1.54) is 12.1 Å². The van der Waals surface area contributed by atoms with Gasteiger partial charge in [-0.15, -0.1) is 24.0 Å². The van der Waals surface area contributed by atoms with E-state index < -0.39 is 0 Å². The van der Waals surface area contributed by atoms with Crippen LogP contribution in [0.25, 0.3) is 0 Å². The number of hydrogen-bond acceptors (Lipinski definition) is 4. The van der Waals surface area contributed by atoms with Crippen LogP contribution in [0, 0.1) is 5.82 Å². The lowest BCUT2D eigenvalue weighted by Crippen LogP contribution is -2.45. The molecule has 0 saturated carbocycles. The predicted molar refractivity (Wildman–Crippen MR) is 118 cm³/mol. The van der Waals surface area contributed by atoms with Crippen molar-refractivity contribution in [3.63, 3.8) is 0 Å². The van der Waals surface area contributed by atoms with E-state index >= 15 is 0 Å². The number of H-pyrrole nitrogens is 1. The third kappa shape index (κ3) is 6.32. The predicted octanol–water partition coefficient (Wildman–Crippen LogP) is 3.17. The Labute approximate surface area is 182 Å². The number of ether oxygens (including phenoxy) is 1. The van der Waals surface area contributed by atoms with Gasteiger partial charge in [0, 0.05) is 31.6 Å². The van der Waals surface area contributed by atoms with Gasteiger partial charge in [-0.1, -0.05) is 6.07 Å². The van der Waals surface area contributed by atoms with Crippen LogP contribution in [-0.2, 0) is 0 Å². The number of likely N-dealkylation sites (tertiary alicyclic amines) is 1. The van der Waals surface area contributed by atoms with Crippen LogP contribution in [0.1, 0.15) is 38.4 Å². The second-order valence-corrected chi connectivity index (χ2v) is 6.71. The summed E-state index contributed by atoms with van der Waals surface area (Å²) in [4.78, 5) is 11.3. The average Bonchev–Trinajstić information content (AvgIpc) is 3.20. The SMILES string of the molecule is CCNC(=NCC(C)Oc1cccc(F)c1)N1CCC(c2ncn[nH]2)CC1.I. The second-order valence-electron chi connectivity index (χ2n) is 6.71. The van der Waals surface area contributed by atoms with Crippen LogP contribution in [0.4, 0.5) is 4.39 Å². The van der Waals surface area contributed by atoms with Crippen LogP contribution in [0.3, 0.4) is 0 Å². The fourth-order valence-electron chi connectivity index (χ4n) is 3.23. The average molecular weight is 502 g/mol. The maximum atomic E-state index is 13.3. The number of hydrogen-bond donors (Lipinski definition) is 2. The molecule has 0 amide bonds. The summed E-state index contributed by atoms with van der Waals surface area (Å²) in [7, 11) is 0. The van der Waals surface area contributed by atoms with Crippen molar-refractivity contribution in [1.29, 1.82) is 0 Å². The summed E-state index contributed by atoms with van der Waals surface area (Å²) in [5.41, 5.74) is 0. The Morgan fingerprint density at radius 2 is 2.21 bits per heavy atom. The minimum Gasteiger partial charge on any atom is -0.489 e. The van der Waals surface area contributed by atoms with Gasteiger partial charge >= 0.3 is 0 Å². The summed E-state index contributed by atoms with van der Waals surface area (Å²) >= 11 is 0. The fourth-order valence-corrected chi connectivity index (χ4v) is 3.23. The Morgan fingerprint density at radius 1 is 1.43 bits per heavy atom. The molecule has 0 radical (unpaired) electrons. The lowest BCUT2D eigenvalue weighted by Gasteiger charge is -2.33. The van der Waals surface area contributed by atoms with E-state index in [9.17, 15) is 4.39 Å². The summed E-state index contributed by atoms with van der Waals surface area (Å²) in [6.07, 6.45) is 3.43. The zero-order valence-electron chi connectivity index (χ0n) is 16.3. The number of aromatic amines is 1. The maximum absolute atomic E-state index is 13.3. The third-order valence-electron chi connectivity index (χ3n) is 4.58. The van der Waals surface area contributed by atoms with Gasteiger partial charge < -0.3 is 15.0 Å². The molecule has 2 aromatic rings. The molecule has 28 heavy (non-hydrogen) atoms. The van der Waals surface area contributed by atoms with Gasteiger partial charge in [0.2, 0.25) is 0 Å². The van der Waals surface area contributed by atoms with E-state index in [-0.39, 0.29) is 35.9 Å². The van der Waals surface area contributed by atoms with E-state index in [0.29, 0.717) is 18.2 Å². The van der Waals surface area contributed by atoms with Gasteiger partial charge in [-0.2, -0.15) is 5.10 Å². The first-order valence-corrected chi connectivity index (χ1v) is 9.46. The Balaban J connectivity index is 0.00000280. The topological polar surface area (TPSA) is 78.4 Å². The van der Waals surface area contributed by atoms with E-state index in [2.05, 4.69) is 32.3 Å². The van der Waals surface area contributed by atoms with Crippen molar-refractivity contribution in [2.75, 3.05) is 26.2 Å². The molecule has 1 atom stereocenters. The number of halogens is 2. The lowest BCUT2D eigenvalue weighted by molar-refractivity contribution is 0.227. The second kappa shape index (κ2) is 11.2. The highest BCUT2D eigenvalue weighted by molar-refractivity contribution is 14.0. The van der Waals surface area contributed by atoms with Crippen LogP contribution in [0.5, 0.6) is 5.75 Å². The molecule has 7 nitrogen and oxygen atoms in total. The normalized spacial score (nSPS) is 16.4. The Morgan fingerprint density at radius 3 is 2.86 bits per heavy atom. The molecule has 1 aromatic heterocycles. The van der Waals surface area contributed by atoms with Crippen LogP contribution < -0.4 is 10.1 Å². The quantitative estimate of drug-likeness (QED) is 0.361. The van der Waals surface area contributed by atoms with E-state index in [4.69, 9.17) is 9.73 Å². The van der Waals surface area contributed by atoms with Crippen molar-refractivity contribution < 1.29 is 9.13 Å². The van der Waals surface area contributed by atoms with Gasteiger partial charge in [0.25, 0.3) is 0 Å². The summed E-state index contributed by atoms with van der Waals surface area (Å²) in [5.74, 6) is 2.50. The first kappa shape index (κ1) is 22.4. The third-order valence-corrected chi connectivity index (χ3v) is 4.58. The van der Waals surface area contributed by atoms with Crippen molar-refractivity contribution in [3.05, 3.63) is 42.2 Å². The molecule has 1 unspecified atom stereocenters. The smallest absolute Gasteiger partial charge is 0.194 e.